The van der Waals surface area contributed by atoms with E-state index in [0.717, 1.165) is 19.4 Å². The number of nitrogens with one attached hydrogen (secondary N) is 1. The molecule has 0 spiro atoms. The first-order valence-corrected chi connectivity index (χ1v) is 6.88. The average Bonchev–Trinajstić information content (AvgIpc) is 2.99. The van der Waals surface area contributed by atoms with Crippen molar-refractivity contribution in [2.24, 2.45) is 0 Å². The molecule has 1 aliphatic heterocycles. The van der Waals surface area contributed by atoms with Gasteiger partial charge in [-0.05, 0) is 41.4 Å². The first-order chi connectivity index (χ1) is 8.72. The maximum Gasteiger partial charge on any atom is 0.258 e. The molecule has 1 aromatic rings. The number of halogens is 1. The molecule has 2 heterocycles. The number of amides is 1. The molecule has 1 aliphatic rings. The highest BCUT2D eigenvalue weighted by Gasteiger charge is 2.24. The van der Waals surface area contributed by atoms with Gasteiger partial charge in [0.2, 0.25) is 0 Å². The third-order valence-electron chi connectivity index (χ3n) is 3.11. The lowest BCUT2D eigenvalue weighted by molar-refractivity contribution is 0.0704. The summed E-state index contributed by atoms with van der Waals surface area (Å²) in [6, 6.07) is 1.96. The molecule has 18 heavy (non-hydrogen) atoms. The van der Waals surface area contributed by atoms with Crippen molar-refractivity contribution in [3.8, 4) is 0 Å². The molecule has 5 nitrogen and oxygen atoms in total. The Labute approximate surface area is 114 Å². The van der Waals surface area contributed by atoms with Gasteiger partial charge in [-0.1, -0.05) is 0 Å². The predicted molar refractivity (Wildman–Crippen MR) is 70.4 cm³/mol. The number of carbonyl (C=O) groups excluding carboxylic acids is 1. The van der Waals surface area contributed by atoms with Gasteiger partial charge in [0.05, 0.1) is 18.4 Å². The molecular weight excluding hydrogens is 300 g/mol. The molecule has 0 radical (unpaired) electrons. The molecule has 1 fully saturated rings. The lowest BCUT2D eigenvalue weighted by Crippen LogP contribution is -2.42. The fraction of sp³-hybridized carbons (Fsp3) is 0.583. The Morgan fingerprint density at radius 2 is 2.50 bits per heavy atom. The second-order valence-electron chi connectivity index (χ2n) is 4.38. The molecule has 1 unspecified atom stereocenters. The number of hydrogen-bond donors (Lipinski definition) is 2. The lowest BCUT2D eigenvalue weighted by atomic mass is 10.2. The molecule has 100 valence electrons. The molecule has 1 saturated heterocycles. The van der Waals surface area contributed by atoms with Crippen molar-refractivity contribution in [1.82, 2.24) is 10.2 Å². The van der Waals surface area contributed by atoms with Crippen LogP contribution in [0.5, 0.6) is 0 Å². The molecule has 0 aliphatic carbocycles. The van der Waals surface area contributed by atoms with E-state index in [2.05, 4.69) is 21.2 Å². The first-order valence-electron chi connectivity index (χ1n) is 6.09. The monoisotopic (exact) mass is 316 g/mol. The van der Waals surface area contributed by atoms with Crippen LogP contribution in [0, 0.1) is 0 Å². The topological polar surface area (TPSA) is 65.7 Å². The molecule has 0 aromatic carbocycles. The van der Waals surface area contributed by atoms with Crippen LogP contribution >= 0.6 is 15.9 Å². The molecule has 1 atom stereocenters. The van der Waals surface area contributed by atoms with E-state index < -0.39 is 0 Å². The average molecular weight is 317 g/mol. The Morgan fingerprint density at radius 1 is 1.67 bits per heavy atom. The van der Waals surface area contributed by atoms with E-state index >= 15 is 0 Å². The van der Waals surface area contributed by atoms with E-state index in [9.17, 15) is 4.79 Å². The van der Waals surface area contributed by atoms with Crippen LogP contribution in [0.25, 0.3) is 0 Å². The maximum atomic E-state index is 12.3. The SMILES string of the molecule is O=C(c1ccoc1Br)N(CCO)CC1CCCN1. The quantitative estimate of drug-likeness (QED) is 0.857. The van der Waals surface area contributed by atoms with Gasteiger partial charge in [-0.25, -0.2) is 0 Å². The Hall–Kier alpha value is -0.850. The first kappa shape index (κ1) is 13.6. The van der Waals surface area contributed by atoms with Crippen molar-refractivity contribution in [2.45, 2.75) is 18.9 Å². The zero-order chi connectivity index (χ0) is 13.0. The van der Waals surface area contributed by atoms with Gasteiger partial charge in [-0.15, -0.1) is 0 Å². The van der Waals surface area contributed by atoms with Crippen LogP contribution in [0.1, 0.15) is 23.2 Å². The van der Waals surface area contributed by atoms with Gasteiger partial charge in [0.1, 0.15) is 0 Å². The van der Waals surface area contributed by atoms with Crippen LogP contribution < -0.4 is 5.32 Å². The minimum absolute atomic E-state index is 0.0338. The van der Waals surface area contributed by atoms with Crippen molar-refractivity contribution in [1.29, 1.82) is 0 Å². The second-order valence-corrected chi connectivity index (χ2v) is 5.10. The Morgan fingerprint density at radius 3 is 3.06 bits per heavy atom. The standard InChI is InChI=1S/C12H17BrN2O3/c13-11-10(3-7-18-11)12(17)15(5-6-16)8-9-2-1-4-14-9/h3,7,9,14,16H,1-2,4-6,8H2. The molecule has 2 rings (SSSR count). The van der Waals surface area contributed by atoms with Gasteiger partial charge in [-0.2, -0.15) is 0 Å². The summed E-state index contributed by atoms with van der Waals surface area (Å²) in [5, 5.41) is 12.4. The minimum atomic E-state index is -0.113. The number of hydrogen-bond acceptors (Lipinski definition) is 4. The second kappa shape index (κ2) is 6.36. The minimum Gasteiger partial charge on any atom is -0.457 e. The summed E-state index contributed by atoms with van der Waals surface area (Å²) in [6.45, 7) is 1.93. The van der Waals surface area contributed by atoms with Crippen LogP contribution in [0.4, 0.5) is 0 Å². The van der Waals surface area contributed by atoms with Crippen LogP contribution in [0.3, 0.4) is 0 Å². The number of furan rings is 1. The van der Waals surface area contributed by atoms with E-state index in [-0.39, 0.29) is 12.5 Å². The van der Waals surface area contributed by atoms with E-state index in [4.69, 9.17) is 9.52 Å². The summed E-state index contributed by atoms with van der Waals surface area (Å²) in [7, 11) is 0. The fourth-order valence-corrected chi connectivity index (χ4v) is 2.60. The zero-order valence-corrected chi connectivity index (χ0v) is 11.6. The number of nitrogens with zero attached hydrogens (tertiary/aromatic N) is 1. The normalized spacial score (nSPS) is 19.1. The summed E-state index contributed by atoms with van der Waals surface area (Å²) in [5.74, 6) is -0.113. The molecule has 0 bridgehead atoms. The molecule has 1 amide bonds. The van der Waals surface area contributed by atoms with Gasteiger partial charge in [0, 0.05) is 19.1 Å². The van der Waals surface area contributed by atoms with E-state index in [0.29, 0.717) is 29.4 Å². The highest BCUT2D eigenvalue weighted by atomic mass is 79.9. The number of carbonyl (C=O) groups is 1. The highest BCUT2D eigenvalue weighted by Crippen LogP contribution is 2.20. The number of aliphatic hydroxyl groups is 1. The lowest BCUT2D eigenvalue weighted by Gasteiger charge is -2.24. The Bertz CT molecular complexity index is 402. The zero-order valence-electron chi connectivity index (χ0n) is 10.1. The van der Waals surface area contributed by atoms with Crippen molar-refractivity contribution < 1.29 is 14.3 Å². The van der Waals surface area contributed by atoms with Crippen molar-refractivity contribution in [3.63, 3.8) is 0 Å². The van der Waals surface area contributed by atoms with E-state index in [1.165, 1.54) is 6.26 Å². The molecule has 0 saturated carbocycles. The summed E-state index contributed by atoms with van der Waals surface area (Å²) in [6.07, 6.45) is 3.69. The predicted octanol–water partition coefficient (Wildman–Crippen LogP) is 1.23. The third kappa shape index (κ3) is 3.13. The largest absolute Gasteiger partial charge is 0.457 e. The van der Waals surface area contributed by atoms with Crippen LogP contribution in [-0.2, 0) is 0 Å². The Kier molecular flexibility index (Phi) is 4.79. The third-order valence-corrected chi connectivity index (χ3v) is 3.72. The van der Waals surface area contributed by atoms with Crippen LogP contribution in [0.15, 0.2) is 21.4 Å². The summed E-state index contributed by atoms with van der Waals surface area (Å²) in [4.78, 5) is 14.0. The van der Waals surface area contributed by atoms with Crippen molar-refractivity contribution in [3.05, 3.63) is 22.6 Å². The van der Waals surface area contributed by atoms with Crippen molar-refractivity contribution >= 4 is 21.8 Å². The van der Waals surface area contributed by atoms with Crippen molar-refractivity contribution in [2.75, 3.05) is 26.2 Å². The van der Waals surface area contributed by atoms with Gasteiger partial charge >= 0.3 is 0 Å². The van der Waals surface area contributed by atoms with Gasteiger partial charge < -0.3 is 19.7 Å². The van der Waals surface area contributed by atoms with Gasteiger partial charge in [0.15, 0.2) is 4.67 Å². The van der Waals surface area contributed by atoms with E-state index in [1.54, 1.807) is 11.0 Å². The molecule has 6 heteroatoms. The van der Waals surface area contributed by atoms with Gasteiger partial charge in [0.25, 0.3) is 5.91 Å². The van der Waals surface area contributed by atoms with Gasteiger partial charge in [-0.3, -0.25) is 4.79 Å². The van der Waals surface area contributed by atoms with Crippen LogP contribution in [-0.4, -0.2) is 48.2 Å². The number of aliphatic hydroxyl groups excluding tert-OH is 1. The summed E-state index contributed by atoms with van der Waals surface area (Å²) in [5.41, 5.74) is 0.501. The molecular formula is C12H17BrN2O3. The molecule has 2 N–H and O–H groups in total. The number of rotatable bonds is 5. The fourth-order valence-electron chi connectivity index (χ4n) is 2.19. The smallest absolute Gasteiger partial charge is 0.258 e. The summed E-state index contributed by atoms with van der Waals surface area (Å²) >= 11 is 3.21. The Balaban J connectivity index is 2.04. The highest BCUT2D eigenvalue weighted by molar-refractivity contribution is 9.10. The van der Waals surface area contributed by atoms with E-state index in [1.807, 2.05) is 0 Å². The maximum absolute atomic E-state index is 12.3. The van der Waals surface area contributed by atoms with Crippen LogP contribution in [0.2, 0.25) is 0 Å². The molecule has 1 aromatic heterocycles. The summed E-state index contributed by atoms with van der Waals surface area (Å²) < 4.78 is 5.51.